The van der Waals surface area contributed by atoms with E-state index in [4.69, 9.17) is 5.26 Å². The summed E-state index contributed by atoms with van der Waals surface area (Å²) in [5, 5.41) is 11.7. The normalized spacial score (nSPS) is 11.6. The van der Waals surface area contributed by atoms with Gasteiger partial charge < -0.3 is 5.32 Å². The molecule has 90 valence electrons. The molecular weight excluding hydrogens is 212 g/mol. The summed E-state index contributed by atoms with van der Waals surface area (Å²) in [6, 6.07) is 8.96. The van der Waals surface area contributed by atoms with Crippen LogP contribution < -0.4 is 5.32 Å². The number of rotatable bonds is 5. The Morgan fingerprint density at radius 2 is 2.29 bits per heavy atom. The molecule has 0 saturated heterocycles. The number of amides is 1. The van der Waals surface area contributed by atoms with Crippen molar-refractivity contribution in [2.75, 3.05) is 0 Å². The standard InChI is InChI=1S/C14H18N2O/c1-3-4-6-11(2)16-14(17)13-8-5-7-12(9-13)10-15/h5,7-9,11H,3-4,6H2,1-2H3,(H,16,17). The van der Waals surface area contributed by atoms with Gasteiger partial charge >= 0.3 is 0 Å². The molecule has 1 rings (SSSR count). The van der Waals surface area contributed by atoms with Crippen molar-refractivity contribution in [3.8, 4) is 6.07 Å². The van der Waals surface area contributed by atoms with Crippen LogP contribution in [0.2, 0.25) is 0 Å². The van der Waals surface area contributed by atoms with Gasteiger partial charge in [0, 0.05) is 11.6 Å². The number of benzene rings is 1. The molecule has 0 aromatic heterocycles. The van der Waals surface area contributed by atoms with Crippen molar-refractivity contribution in [2.24, 2.45) is 0 Å². The Balaban J connectivity index is 2.60. The average molecular weight is 230 g/mol. The van der Waals surface area contributed by atoms with Crippen LogP contribution in [0.3, 0.4) is 0 Å². The first-order valence-electron chi connectivity index (χ1n) is 5.98. The van der Waals surface area contributed by atoms with Gasteiger partial charge in [0.05, 0.1) is 11.6 Å². The van der Waals surface area contributed by atoms with E-state index in [1.54, 1.807) is 24.3 Å². The maximum absolute atomic E-state index is 11.9. The van der Waals surface area contributed by atoms with E-state index in [0.717, 1.165) is 19.3 Å². The molecule has 1 aromatic rings. The number of carbonyl (C=O) groups excluding carboxylic acids is 1. The zero-order valence-electron chi connectivity index (χ0n) is 10.4. The largest absolute Gasteiger partial charge is 0.350 e. The van der Waals surface area contributed by atoms with Crippen LogP contribution in [-0.2, 0) is 0 Å². The molecular formula is C14H18N2O. The van der Waals surface area contributed by atoms with Crippen molar-refractivity contribution in [1.29, 1.82) is 5.26 Å². The van der Waals surface area contributed by atoms with Crippen molar-refractivity contribution in [2.45, 2.75) is 39.2 Å². The summed E-state index contributed by atoms with van der Waals surface area (Å²) in [6.07, 6.45) is 3.23. The Kier molecular flexibility index (Phi) is 5.22. The lowest BCUT2D eigenvalue weighted by Crippen LogP contribution is -2.32. The minimum absolute atomic E-state index is 0.106. The molecule has 1 atom stereocenters. The molecule has 3 nitrogen and oxygen atoms in total. The second-order valence-corrected chi connectivity index (χ2v) is 4.21. The minimum Gasteiger partial charge on any atom is -0.350 e. The highest BCUT2D eigenvalue weighted by molar-refractivity contribution is 5.94. The maximum Gasteiger partial charge on any atom is 0.251 e. The smallest absolute Gasteiger partial charge is 0.251 e. The highest BCUT2D eigenvalue weighted by atomic mass is 16.1. The lowest BCUT2D eigenvalue weighted by atomic mass is 10.1. The van der Waals surface area contributed by atoms with Crippen molar-refractivity contribution < 1.29 is 4.79 Å². The van der Waals surface area contributed by atoms with Gasteiger partial charge in [0.15, 0.2) is 0 Å². The van der Waals surface area contributed by atoms with E-state index in [-0.39, 0.29) is 11.9 Å². The first-order valence-corrected chi connectivity index (χ1v) is 5.98. The van der Waals surface area contributed by atoms with Crippen LogP contribution >= 0.6 is 0 Å². The number of hydrogen-bond acceptors (Lipinski definition) is 2. The molecule has 1 aromatic carbocycles. The summed E-state index contributed by atoms with van der Waals surface area (Å²) >= 11 is 0. The third-order valence-corrected chi connectivity index (χ3v) is 2.62. The van der Waals surface area contributed by atoms with Gasteiger partial charge in [0.25, 0.3) is 5.91 Å². The molecule has 17 heavy (non-hydrogen) atoms. The van der Waals surface area contributed by atoms with E-state index >= 15 is 0 Å². The highest BCUT2D eigenvalue weighted by Gasteiger charge is 2.09. The first-order chi connectivity index (χ1) is 8.17. The van der Waals surface area contributed by atoms with E-state index in [1.165, 1.54) is 0 Å². The second-order valence-electron chi connectivity index (χ2n) is 4.21. The second kappa shape index (κ2) is 6.70. The number of nitriles is 1. The summed E-state index contributed by atoms with van der Waals surface area (Å²) in [5.74, 6) is -0.106. The van der Waals surface area contributed by atoms with Crippen LogP contribution in [0.25, 0.3) is 0 Å². The Labute approximate surface area is 102 Å². The molecule has 0 aliphatic carbocycles. The SMILES string of the molecule is CCCCC(C)NC(=O)c1cccc(C#N)c1. The summed E-state index contributed by atoms with van der Waals surface area (Å²) in [6.45, 7) is 4.13. The predicted octanol–water partition coefficient (Wildman–Crippen LogP) is 2.87. The number of unbranched alkanes of at least 4 members (excludes halogenated alkanes) is 1. The van der Waals surface area contributed by atoms with Gasteiger partial charge in [-0.05, 0) is 31.5 Å². The van der Waals surface area contributed by atoms with Crippen molar-refractivity contribution in [1.82, 2.24) is 5.32 Å². The topological polar surface area (TPSA) is 52.9 Å². The van der Waals surface area contributed by atoms with Crippen LogP contribution in [0.1, 0.15) is 49.0 Å². The molecule has 1 N–H and O–H groups in total. The molecule has 0 aliphatic rings. The lowest BCUT2D eigenvalue weighted by Gasteiger charge is -2.13. The third kappa shape index (κ3) is 4.28. The number of hydrogen-bond donors (Lipinski definition) is 1. The third-order valence-electron chi connectivity index (χ3n) is 2.62. The average Bonchev–Trinajstić information content (AvgIpc) is 2.36. The van der Waals surface area contributed by atoms with E-state index in [9.17, 15) is 4.79 Å². The van der Waals surface area contributed by atoms with Crippen LogP contribution in [0, 0.1) is 11.3 Å². The highest BCUT2D eigenvalue weighted by Crippen LogP contribution is 2.06. The molecule has 1 unspecified atom stereocenters. The maximum atomic E-state index is 11.9. The first kappa shape index (κ1) is 13.2. The fraction of sp³-hybridized carbons (Fsp3) is 0.429. The molecule has 0 heterocycles. The summed E-state index contributed by atoms with van der Waals surface area (Å²) in [7, 11) is 0. The van der Waals surface area contributed by atoms with Gasteiger partial charge in [-0.25, -0.2) is 0 Å². The Morgan fingerprint density at radius 1 is 1.53 bits per heavy atom. The van der Waals surface area contributed by atoms with Crippen LogP contribution in [0.4, 0.5) is 0 Å². The summed E-state index contributed by atoms with van der Waals surface area (Å²) in [5.41, 5.74) is 1.06. The van der Waals surface area contributed by atoms with Crippen molar-refractivity contribution >= 4 is 5.91 Å². The van der Waals surface area contributed by atoms with Gasteiger partial charge in [0.2, 0.25) is 0 Å². The Hall–Kier alpha value is -1.82. The summed E-state index contributed by atoms with van der Waals surface area (Å²) < 4.78 is 0. The van der Waals surface area contributed by atoms with Gasteiger partial charge in [-0.1, -0.05) is 25.8 Å². The molecule has 0 saturated carbocycles. The molecule has 0 spiro atoms. The molecule has 0 fully saturated rings. The quantitative estimate of drug-likeness (QED) is 0.845. The molecule has 0 aliphatic heterocycles. The molecule has 3 heteroatoms. The fourth-order valence-electron chi connectivity index (χ4n) is 1.62. The Bertz CT molecular complexity index is 420. The monoisotopic (exact) mass is 230 g/mol. The van der Waals surface area contributed by atoms with Crippen molar-refractivity contribution in [3.63, 3.8) is 0 Å². The van der Waals surface area contributed by atoms with Crippen LogP contribution in [0.15, 0.2) is 24.3 Å². The minimum atomic E-state index is -0.106. The van der Waals surface area contributed by atoms with E-state index in [2.05, 4.69) is 12.2 Å². The zero-order valence-corrected chi connectivity index (χ0v) is 10.4. The summed E-state index contributed by atoms with van der Waals surface area (Å²) in [4.78, 5) is 11.9. The van der Waals surface area contributed by atoms with Gasteiger partial charge in [-0.2, -0.15) is 5.26 Å². The van der Waals surface area contributed by atoms with Gasteiger partial charge in [-0.15, -0.1) is 0 Å². The predicted molar refractivity (Wildman–Crippen MR) is 67.6 cm³/mol. The number of carbonyl (C=O) groups is 1. The van der Waals surface area contributed by atoms with Gasteiger partial charge in [-0.3, -0.25) is 4.79 Å². The van der Waals surface area contributed by atoms with E-state index in [0.29, 0.717) is 11.1 Å². The Morgan fingerprint density at radius 3 is 2.94 bits per heavy atom. The zero-order chi connectivity index (χ0) is 12.7. The fourth-order valence-corrected chi connectivity index (χ4v) is 1.62. The molecule has 1 amide bonds. The number of nitrogens with zero attached hydrogens (tertiary/aromatic N) is 1. The van der Waals surface area contributed by atoms with Crippen LogP contribution in [-0.4, -0.2) is 11.9 Å². The van der Waals surface area contributed by atoms with Gasteiger partial charge in [0.1, 0.15) is 0 Å². The van der Waals surface area contributed by atoms with Crippen molar-refractivity contribution in [3.05, 3.63) is 35.4 Å². The van der Waals surface area contributed by atoms with E-state index in [1.807, 2.05) is 13.0 Å². The van der Waals surface area contributed by atoms with Crippen LogP contribution in [0.5, 0.6) is 0 Å². The number of nitrogens with one attached hydrogen (secondary N) is 1. The van der Waals surface area contributed by atoms with E-state index < -0.39 is 0 Å². The molecule has 0 radical (unpaired) electrons. The molecule has 0 bridgehead atoms. The lowest BCUT2D eigenvalue weighted by molar-refractivity contribution is 0.0938.